The van der Waals surface area contributed by atoms with Crippen molar-refractivity contribution >= 4 is 40.9 Å². The van der Waals surface area contributed by atoms with E-state index in [0.29, 0.717) is 6.61 Å². The first-order valence-corrected chi connectivity index (χ1v) is 22.0. The van der Waals surface area contributed by atoms with Crippen LogP contribution in [0, 0.1) is 0 Å². The van der Waals surface area contributed by atoms with Crippen molar-refractivity contribution in [3.8, 4) is 0 Å². The van der Waals surface area contributed by atoms with Gasteiger partial charge in [-0.15, -0.1) is 0 Å². The highest BCUT2D eigenvalue weighted by atomic mass is 79.9. The Morgan fingerprint density at radius 3 is 1.42 bits per heavy atom. The standard InChI is InChI=1S/C24H53BrO5Si3/c1-22(2,3)31(10,11)27-16-17-19(29-32(12,13)23(4,5)6)20(18(25)21(26)28-17)30-33(14,15)24(7,8)9/h17-21,26H,16H2,1-15H3/t17-,18-,19-,20-,21-/m1/s1. The lowest BCUT2D eigenvalue weighted by molar-refractivity contribution is -0.226. The van der Waals surface area contributed by atoms with Gasteiger partial charge in [0.05, 0.1) is 23.6 Å². The average molecular weight is 586 g/mol. The van der Waals surface area contributed by atoms with Crippen molar-refractivity contribution in [3.63, 3.8) is 0 Å². The Bertz CT molecular complexity index is 650. The molecule has 33 heavy (non-hydrogen) atoms. The molecule has 1 fully saturated rings. The molecule has 0 radical (unpaired) electrons. The van der Waals surface area contributed by atoms with Crippen LogP contribution in [0.15, 0.2) is 0 Å². The molecule has 0 saturated carbocycles. The van der Waals surface area contributed by atoms with Gasteiger partial charge in [0.15, 0.2) is 31.2 Å². The van der Waals surface area contributed by atoms with Gasteiger partial charge in [-0.1, -0.05) is 78.2 Å². The minimum atomic E-state index is -2.15. The number of aliphatic hydroxyl groups excluding tert-OH is 1. The Balaban J connectivity index is 3.40. The van der Waals surface area contributed by atoms with Crippen LogP contribution in [0.1, 0.15) is 62.3 Å². The van der Waals surface area contributed by atoms with Gasteiger partial charge in [-0.05, 0) is 54.4 Å². The predicted octanol–water partition coefficient (Wildman–Crippen LogP) is 7.27. The Morgan fingerprint density at radius 2 is 1.06 bits per heavy atom. The van der Waals surface area contributed by atoms with Crippen molar-refractivity contribution < 1.29 is 23.1 Å². The molecule has 1 heterocycles. The van der Waals surface area contributed by atoms with Crippen molar-refractivity contribution in [2.75, 3.05) is 6.61 Å². The first-order valence-electron chi connectivity index (χ1n) is 12.3. The summed E-state index contributed by atoms with van der Waals surface area (Å²) in [6.45, 7) is 34.0. The molecule has 1 saturated heterocycles. The van der Waals surface area contributed by atoms with Gasteiger partial charge >= 0.3 is 0 Å². The summed E-state index contributed by atoms with van der Waals surface area (Å²) in [5, 5.41) is 11.0. The predicted molar refractivity (Wildman–Crippen MR) is 151 cm³/mol. The molecular formula is C24H53BrO5Si3. The highest BCUT2D eigenvalue weighted by molar-refractivity contribution is 9.09. The maximum Gasteiger partial charge on any atom is 0.192 e. The maximum atomic E-state index is 10.9. The lowest BCUT2D eigenvalue weighted by Gasteiger charge is -2.51. The van der Waals surface area contributed by atoms with Crippen LogP contribution in [0.25, 0.3) is 0 Å². The van der Waals surface area contributed by atoms with E-state index in [0.717, 1.165) is 0 Å². The van der Waals surface area contributed by atoms with Crippen molar-refractivity contribution in [3.05, 3.63) is 0 Å². The van der Waals surface area contributed by atoms with E-state index in [1.165, 1.54) is 0 Å². The van der Waals surface area contributed by atoms with Crippen LogP contribution in [0.5, 0.6) is 0 Å². The molecule has 1 aliphatic heterocycles. The molecule has 0 amide bonds. The Kier molecular flexibility index (Phi) is 10.0. The SMILES string of the molecule is CC(C)(C)[Si](C)(C)OC[C@H]1O[C@@H](O)[C@H](Br)[C@@H](O[Si](C)(C)C(C)(C)C)[C@@H]1O[Si](C)(C)C(C)(C)C. The maximum absolute atomic E-state index is 10.9. The summed E-state index contributed by atoms with van der Waals surface area (Å²) in [5.41, 5.74) is 0. The third-order valence-electron chi connectivity index (χ3n) is 8.48. The van der Waals surface area contributed by atoms with Crippen LogP contribution in [-0.4, -0.2) is 66.1 Å². The van der Waals surface area contributed by atoms with Gasteiger partial charge in [-0.3, -0.25) is 0 Å². The Hall–Kier alpha value is 0.931. The van der Waals surface area contributed by atoms with Crippen LogP contribution in [-0.2, 0) is 18.0 Å². The minimum Gasteiger partial charge on any atom is -0.414 e. The second-order valence-corrected chi connectivity index (χ2v) is 29.6. The number of ether oxygens (including phenoxy) is 1. The molecule has 198 valence electrons. The quantitative estimate of drug-likeness (QED) is 0.252. The Labute approximate surface area is 216 Å². The summed E-state index contributed by atoms with van der Waals surface area (Å²) in [4.78, 5) is -0.370. The highest BCUT2D eigenvalue weighted by Gasteiger charge is 2.53. The number of alkyl halides is 1. The van der Waals surface area contributed by atoms with Gasteiger partial charge in [0.1, 0.15) is 6.10 Å². The summed E-state index contributed by atoms with van der Waals surface area (Å²) in [6.07, 6.45) is -2.02. The molecule has 0 unspecified atom stereocenters. The van der Waals surface area contributed by atoms with Crippen LogP contribution >= 0.6 is 15.9 Å². The number of hydrogen-bond donors (Lipinski definition) is 1. The molecule has 5 atom stereocenters. The van der Waals surface area contributed by atoms with Gasteiger partial charge < -0.3 is 23.1 Å². The van der Waals surface area contributed by atoms with E-state index < -0.39 is 37.3 Å². The lowest BCUT2D eigenvalue weighted by Crippen LogP contribution is -2.64. The van der Waals surface area contributed by atoms with Crippen LogP contribution in [0.4, 0.5) is 0 Å². The zero-order valence-electron chi connectivity index (χ0n) is 24.1. The van der Waals surface area contributed by atoms with E-state index in [2.05, 4.69) is 118 Å². The molecule has 1 aliphatic rings. The molecule has 0 aromatic rings. The molecule has 5 nitrogen and oxygen atoms in total. The molecule has 1 N–H and O–H groups in total. The molecule has 0 bridgehead atoms. The van der Waals surface area contributed by atoms with E-state index in [1.54, 1.807) is 0 Å². The summed E-state index contributed by atoms with van der Waals surface area (Å²) >= 11 is 3.71. The van der Waals surface area contributed by atoms with Gasteiger partial charge in [0.2, 0.25) is 0 Å². The van der Waals surface area contributed by atoms with E-state index >= 15 is 0 Å². The van der Waals surface area contributed by atoms with Crippen LogP contribution in [0.2, 0.25) is 54.4 Å². The normalized spacial score (nSPS) is 28.8. The zero-order valence-corrected chi connectivity index (χ0v) is 28.6. The fourth-order valence-electron chi connectivity index (χ4n) is 2.84. The van der Waals surface area contributed by atoms with E-state index in [4.69, 9.17) is 18.0 Å². The lowest BCUT2D eigenvalue weighted by atomic mass is 10.0. The zero-order chi connectivity index (χ0) is 26.4. The number of halogens is 1. The summed E-state index contributed by atoms with van der Waals surface area (Å²) < 4.78 is 26.7. The number of rotatable bonds is 7. The number of hydrogen-bond acceptors (Lipinski definition) is 5. The van der Waals surface area contributed by atoms with Crippen molar-refractivity contribution in [1.29, 1.82) is 0 Å². The molecule has 0 aliphatic carbocycles. The molecule has 1 rings (SSSR count). The fourth-order valence-corrected chi connectivity index (χ4v) is 7.22. The molecular weight excluding hydrogens is 532 g/mol. The second-order valence-electron chi connectivity index (χ2n) is 14.3. The summed E-state index contributed by atoms with van der Waals surface area (Å²) in [5.74, 6) is 0. The average Bonchev–Trinajstić information content (AvgIpc) is 2.56. The monoisotopic (exact) mass is 584 g/mol. The third kappa shape index (κ3) is 7.71. The van der Waals surface area contributed by atoms with Gasteiger partial charge in [0.25, 0.3) is 0 Å². The third-order valence-corrected chi connectivity index (χ3v) is 22.9. The van der Waals surface area contributed by atoms with Crippen molar-refractivity contribution in [2.45, 2.75) is 146 Å². The first kappa shape index (κ1) is 32.0. The van der Waals surface area contributed by atoms with E-state index in [9.17, 15) is 5.11 Å². The molecule has 9 heteroatoms. The van der Waals surface area contributed by atoms with E-state index in [1.807, 2.05) is 0 Å². The molecule has 0 aromatic carbocycles. The fraction of sp³-hybridized carbons (Fsp3) is 1.00. The van der Waals surface area contributed by atoms with Crippen molar-refractivity contribution in [1.82, 2.24) is 0 Å². The van der Waals surface area contributed by atoms with Gasteiger partial charge in [0, 0.05) is 0 Å². The van der Waals surface area contributed by atoms with Crippen LogP contribution < -0.4 is 0 Å². The van der Waals surface area contributed by atoms with Gasteiger partial charge in [-0.2, -0.15) is 0 Å². The minimum absolute atomic E-state index is 0.0389. The Morgan fingerprint density at radius 1 is 0.697 bits per heavy atom. The number of aliphatic hydroxyl groups is 1. The summed E-state index contributed by atoms with van der Waals surface area (Å²) in [6, 6.07) is 0. The largest absolute Gasteiger partial charge is 0.414 e. The second kappa shape index (κ2) is 10.4. The van der Waals surface area contributed by atoms with Gasteiger partial charge in [-0.25, -0.2) is 0 Å². The first-order chi connectivity index (χ1) is 14.3. The van der Waals surface area contributed by atoms with Crippen LogP contribution in [0.3, 0.4) is 0 Å². The molecule has 0 spiro atoms. The highest BCUT2D eigenvalue weighted by Crippen LogP contribution is 2.44. The smallest absolute Gasteiger partial charge is 0.192 e. The van der Waals surface area contributed by atoms with Crippen molar-refractivity contribution in [2.24, 2.45) is 0 Å². The topological polar surface area (TPSA) is 57.2 Å². The summed E-state index contributed by atoms with van der Waals surface area (Å²) in [7, 11) is -6.29. The van der Waals surface area contributed by atoms with E-state index in [-0.39, 0.29) is 32.1 Å². The molecule has 0 aromatic heterocycles.